The molecule has 0 bridgehead atoms. The lowest BCUT2D eigenvalue weighted by atomic mass is 10.0. The van der Waals surface area contributed by atoms with E-state index in [-0.39, 0.29) is 17.4 Å². The molecule has 1 saturated heterocycles. The van der Waals surface area contributed by atoms with E-state index < -0.39 is 12.0 Å². The SMILES string of the molecule is Cc1nn(C(C)(C)C)c2nc(C(C)C)cc(C(=O)N3CCC[C@H]3C(=O)O)c12. The van der Waals surface area contributed by atoms with Gasteiger partial charge in [0.15, 0.2) is 5.65 Å². The summed E-state index contributed by atoms with van der Waals surface area (Å²) in [5.41, 5.74) is 2.44. The van der Waals surface area contributed by atoms with Crippen molar-refractivity contribution in [3.8, 4) is 0 Å². The van der Waals surface area contributed by atoms with Crippen LogP contribution in [0, 0.1) is 6.92 Å². The van der Waals surface area contributed by atoms with E-state index in [1.807, 2.05) is 52.3 Å². The summed E-state index contributed by atoms with van der Waals surface area (Å²) in [5.74, 6) is -1.05. The number of carboxylic acids is 1. The number of hydrogen-bond donors (Lipinski definition) is 1. The first kappa shape index (κ1) is 19.3. The molecule has 1 aliphatic heterocycles. The monoisotopic (exact) mass is 372 g/mol. The van der Waals surface area contributed by atoms with Gasteiger partial charge < -0.3 is 10.0 Å². The van der Waals surface area contributed by atoms with Gasteiger partial charge in [-0.05, 0) is 52.5 Å². The summed E-state index contributed by atoms with van der Waals surface area (Å²) in [7, 11) is 0. The number of pyridine rings is 1. The smallest absolute Gasteiger partial charge is 0.326 e. The second-order valence-electron chi connectivity index (χ2n) is 8.61. The molecule has 3 rings (SSSR count). The molecule has 0 unspecified atom stereocenters. The fourth-order valence-electron chi connectivity index (χ4n) is 3.66. The third-order valence-corrected chi connectivity index (χ3v) is 5.09. The number of fused-ring (bicyclic) bond motifs is 1. The lowest BCUT2D eigenvalue weighted by Gasteiger charge is -2.23. The average molecular weight is 372 g/mol. The molecule has 0 radical (unpaired) electrons. The molecule has 2 aromatic heterocycles. The molecule has 27 heavy (non-hydrogen) atoms. The number of rotatable bonds is 3. The maximum Gasteiger partial charge on any atom is 0.326 e. The van der Waals surface area contributed by atoms with Crippen LogP contribution in [0.15, 0.2) is 6.07 Å². The third-order valence-electron chi connectivity index (χ3n) is 5.09. The number of aliphatic carboxylic acids is 1. The van der Waals surface area contributed by atoms with Crippen molar-refractivity contribution < 1.29 is 14.7 Å². The Labute approximate surface area is 159 Å². The van der Waals surface area contributed by atoms with Gasteiger partial charge >= 0.3 is 5.97 Å². The van der Waals surface area contributed by atoms with Crippen LogP contribution in [-0.2, 0) is 10.3 Å². The Hall–Kier alpha value is -2.44. The number of aryl methyl sites for hydroxylation is 1. The predicted octanol–water partition coefficient (Wildman–Crippen LogP) is 3.31. The fraction of sp³-hybridized carbons (Fsp3) is 0.600. The standard InChI is InChI=1S/C20H28N4O3/c1-11(2)14-10-13(18(25)23-9-7-8-15(23)19(26)27)16-12(3)22-24(17(16)21-14)20(4,5)6/h10-11,15H,7-9H2,1-6H3,(H,26,27)/t15-/m0/s1. The Kier molecular flexibility index (Phi) is 4.74. The van der Waals surface area contributed by atoms with Crippen molar-refractivity contribution in [1.82, 2.24) is 19.7 Å². The Morgan fingerprint density at radius 3 is 2.52 bits per heavy atom. The highest BCUT2D eigenvalue weighted by atomic mass is 16.4. The Morgan fingerprint density at radius 2 is 1.96 bits per heavy atom. The van der Waals surface area contributed by atoms with Crippen LogP contribution in [-0.4, -0.2) is 49.2 Å². The Morgan fingerprint density at radius 1 is 1.30 bits per heavy atom. The molecule has 7 nitrogen and oxygen atoms in total. The quantitative estimate of drug-likeness (QED) is 0.893. The van der Waals surface area contributed by atoms with Gasteiger partial charge in [0.2, 0.25) is 0 Å². The van der Waals surface area contributed by atoms with Gasteiger partial charge in [-0.25, -0.2) is 14.5 Å². The first-order chi connectivity index (χ1) is 12.5. The molecule has 7 heteroatoms. The summed E-state index contributed by atoms with van der Waals surface area (Å²) in [4.78, 5) is 31.2. The second-order valence-corrected chi connectivity index (χ2v) is 8.61. The molecule has 1 fully saturated rings. The van der Waals surface area contributed by atoms with E-state index in [2.05, 4.69) is 5.10 Å². The molecule has 1 amide bonds. The minimum absolute atomic E-state index is 0.137. The number of hydrogen-bond acceptors (Lipinski definition) is 4. The molecule has 0 aromatic carbocycles. The zero-order valence-corrected chi connectivity index (χ0v) is 16.9. The van der Waals surface area contributed by atoms with Crippen molar-refractivity contribution in [1.29, 1.82) is 0 Å². The van der Waals surface area contributed by atoms with E-state index in [1.54, 1.807) is 0 Å². The number of amides is 1. The summed E-state index contributed by atoms with van der Waals surface area (Å²) < 4.78 is 1.86. The number of aromatic nitrogens is 3. The lowest BCUT2D eigenvalue weighted by molar-refractivity contribution is -0.141. The van der Waals surface area contributed by atoms with Crippen LogP contribution in [0.25, 0.3) is 11.0 Å². The normalized spacial score (nSPS) is 17.9. The molecule has 1 atom stereocenters. The van der Waals surface area contributed by atoms with Crippen molar-refractivity contribution in [2.24, 2.45) is 0 Å². The second kappa shape index (κ2) is 6.62. The van der Waals surface area contributed by atoms with E-state index in [0.29, 0.717) is 30.6 Å². The van der Waals surface area contributed by atoms with Gasteiger partial charge in [-0.1, -0.05) is 13.8 Å². The fourth-order valence-corrected chi connectivity index (χ4v) is 3.66. The summed E-state index contributed by atoms with van der Waals surface area (Å²) in [6, 6.07) is 1.05. The van der Waals surface area contributed by atoms with Crippen molar-refractivity contribution in [2.45, 2.75) is 71.9 Å². The number of carboxylic acid groups (broad SMARTS) is 1. The van der Waals surface area contributed by atoms with Gasteiger partial charge in [0.25, 0.3) is 5.91 Å². The number of likely N-dealkylation sites (tertiary alicyclic amines) is 1. The van der Waals surface area contributed by atoms with Crippen LogP contribution in [0.2, 0.25) is 0 Å². The van der Waals surface area contributed by atoms with Crippen LogP contribution in [0.5, 0.6) is 0 Å². The van der Waals surface area contributed by atoms with Gasteiger partial charge in [0.05, 0.1) is 22.2 Å². The number of nitrogens with zero attached hydrogens (tertiary/aromatic N) is 4. The van der Waals surface area contributed by atoms with E-state index in [4.69, 9.17) is 4.98 Å². The van der Waals surface area contributed by atoms with Gasteiger partial charge in [0, 0.05) is 12.2 Å². The van der Waals surface area contributed by atoms with Crippen LogP contribution >= 0.6 is 0 Å². The van der Waals surface area contributed by atoms with Gasteiger partial charge in [-0.2, -0.15) is 5.10 Å². The highest BCUT2D eigenvalue weighted by Gasteiger charge is 2.36. The van der Waals surface area contributed by atoms with E-state index >= 15 is 0 Å². The Bertz CT molecular complexity index is 908. The van der Waals surface area contributed by atoms with E-state index in [9.17, 15) is 14.7 Å². The molecule has 0 aliphatic carbocycles. The average Bonchev–Trinajstić information content (AvgIpc) is 3.18. The molecule has 0 spiro atoms. The van der Waals surface area contributed by atoms with Crippen molar-refractivity contribution in [2.75, 3.05) is 6.54 Å². The summed E-state index contributed by atoms with van der Waals surface area (Å²) in [6.07, 6.45) is 1.20. The summed E-state index contributed by atoms with van der Waals surface area (Å²) >= 11 is 0. The van der Waals surface area contributed by atoms with Crippen molar-refractivity contribution >= 4 is 22.9 Å². The van der Waals surface area contributed by atoms with Crippen LogP contribution in [0.1, 0.15) is 75.1 Å². The Balaban J connectivity index is 2.24. The molecule has 3 heterocycles. The number of carbonyl (C=O) groups excluding carboxylic acids is 1. The van der Waals surface area contributed by atoms with E-state index in [1.165, 1.54) is 4.90 Å². The predicted molar refractivity (Wildman–Crippen MR) is 103 cm³/mol. The highest BCUT2D eigenvalue weighted by Crippen LogP contribution is 2.31. The highest BCUT2D eigenvalue weighted by molar-refractivity contribution is 6.07. The summed E-state index contributed by atoms with van der Waals surface area (Å²) in [5, 5.41) is 14.8. The molecular weight excluding hydrogens is 344 g/mol. The summed E-state index contributed by atoms with van der Waals surface area (Å²) in [6.45, 7) is 12.5. The van der Waals surface area contributed by atoms with Gasteiger partial charge in [0.1, 0.15) is 6.04 Å². The number of carbonyl (C=O) groups is 2. The molecule has 0 saturated carbocycles. The first-order valence-electron chi connectivity index (χ1n) is 9.47. The largest absolute Gasteiger partial charge is 0.480 e. The molecule has 146 valence electrons. The lowest BCUT2D eigenvalue weighted by Crippen LogP contribution is -2.40. The van der Waals surface area contributed by atoms with Crippen LogP contribution in [0.3, 0.4) is 0 Å². The zero-order chi connectivity index (χ0) is 20.1. The van der Waals surface area contributed by atoms with Gasteiger partial charge in [-0.15, -0.1) is 0 Å². The van der Waals surface area contributed by atoms with Gasteiger partial charge in [-0.3, -0.25) is 4.79 Å². The van der Waals surface area contributed by atoms with Crippen molar-refractivity contribution in [3.63, 3.8) is 0 Å². The third kappa shape index (κ3) is 3.31. The molecular formula is C20H28N4O3. The minimum Gasteiger partial charge on any atom is -0.480 e. The first-order valence-corrected chi connectivity index (χ1v) is 9.47. The topological polar surface area (TPSA) is 88.3 Å². The van der Waals surface area contributed by atoms with Crippen LogP contribution in [0.4, 0.5) is 0 Å². The van der Waals surface area contributed by atoms with E-state index in [0.717, 1.165) is 16.8 Å². The zero-order valence-electron chi connectivity index (χ0n) is 16.9. The molecule has 2 aromatic rings. The molecule has 1 aliphatic rings. The van der Waals surface area contributed by atoms with Crippen molar-refractivity contribution in [3.05, 3.63) is 23.0 Å². The minimum atomic E-state index is -0.947. The molecule has 1 N–H and O–H groups in total. The van der Waals surface area contributed by atoms with Crippen LogP contribution < -0.4 is 0 Å². The maximum absolute atomic E-state index is 13.4. The maximum atomic E-state index is 13.4.